The SMILES string of the molecule is O=C(O)/C(=C\c1ccc2c(c1)OCCO2)c1ccccc1. The molecule has 106 valence electrons. The van der Waals surface area contributed by atoms with E-state index in [2.05, 4.69) is 0 Å². The van der Waals surface area contributed by atoms with Crippen LogP contribution in [0.2, 0.25) is 0 Å². The van der Waals surface area contributed by atoms with Gasteiger partial charge < -0.3 is 14.6 Å². The maximum absolute atomic E-state index is 11.5. The van der Waals surface area contributed by atoms with Gasteiger partial charge in [-0.25, -0.2) is 4.79 Å². The third-order valence-electron chi connectivity index (χ3n) is 3.19. The lowest BCUT2D eigenvalue weighted by Crippen LogP contribution is -2.15. The molecule has 1 aliphatic rings. The van der Waals surface area contributed by atoms with Crippen molar-refractivity contribution in [3.05, 3.63) is 59.7 Å². The Bertz CT molecular complexity index is 689. The van der Waals surface area contributed by atoms with Crippen LogP contribution in [0, 0.1) is 0 Å². The third kappa shape index (κ3) is 2.89. The molecule has 4 heteroatoms. The zero-order valence-electron chi connectivity index (χ0n) is 11.3. The molecule has 0 aromatic heterocycles. The number of aliphatic carboxylic acids is 1. The summed E-state index contributed by atoms with van der Waals surface area (Å²) in [5.74, 6) is 0.374. The van der Waals surface area contributed by atoms with Crippen LogP contribution >= 0.6 is 0 Å². The number of rotatable bonds is 3. The molecule has 1 aliphatic heterocycles. The largest absolute Gasteiger partial charge is 0.486 e. The van der Waals surface area contributed by atoms with Crippen LogP contribution in [0.4, 0.5) is 0 Å². The Morgan fingerprint density at radius 3 is 2.43 bits per heavy atom. The summed E-state index contributed by atoms with van der Waals surface area (Å²) in [4.78, 5) is 11.5. The van der Waals surface area contributed by atoms with Crippen LogP contribution in [-0.2, 0) is 4.79 Å². The van der Waals surface area contributed by atoms with Gasteiger partial charge in [-0.3, -0.25) is 0 Å². The Balaban J connectivity index is 2.00. The molecule has 0 amide bonds. The van der Waals surface area contributed by atoms with E-state index in [0.717, 1.165) is 5.56 Å². The van der Waals surface area contributed by atoms with Crippen LogP contribution in [0.15, 0.2) is 48.5 Å². The molecule has 0 saturated carbocycles. The third-order valence-corrected chi connectivity index (χ3v) is 3.19. The maximum atomic E-state index is 11.5. The van der Waals surface area contributed by atoms with Crippen LogP contribution in [0.5, 0.6) is 11.5 Å². The fraction of sp³-hybridized carbons (Fsp3) is 0.118. The highest BCUT2D eigenvalue weighted by Crippen LogP contribution is 2.32. The van der Waals surface area contributed by atoms with Crippen molar-refractivity contribution in [2.24, 2.45) is 0 Å². The Kier molecular flexibility index (Phi) is 3.60. The molecule has 0 unspecified atom stereocenters. The molecule has 0 aliphatic carbocycles. The quantitative estimate of drug-likeness (QED) is 0.694. The fourth-order valence-corrected chi connectivity index (χ4v) is 2.20. The van der Waals surface area contributed by atoms with Gasteiger partial charge in [-0.05, 0) is 29.3 Å². The lowest BCUT2D eigenvalue weighted by molar-refractivity contribution is -0.130. The van der Waals surface area contributed by atoms with E-state index in [4.69, 9.17) is 9.47 Å². The molecule has 21 heavy (non-hydrogen) atoms. The van der Waals surface area contributed by atoms with Crippen molar-refractivity contribution in [3.63, 3.8) is 0 Å². The number of benzene rings is 2. The van der Waals surface area contributed by atoms with Crippen LogP contribution in [0.1, 0.15) is 11.1 Å². The van der Waals surface area contributed by atoms with Gasteiger partial charge in [0.2, 0.25) is 0 Å². The molecule has 2 aromatic rings. The van der Waals surface area contributed by atoms with Gasteiger partial charge in [-0.2, -0.15) is 0 Å². The summed E-state index contributed by atoms with van der Waals surface area (Å²) in [6.45, 7) is 1.04. The lowest BCUT2D eigenvalue weighted by atomic mass is 10.0. The minimum absolute atomic E-state index is 0.243. The summed E-state index contributed by atoms with van der Waals surface area (Å²) in [6, 6.07) is 14.4. The van der Waals surface area contributed by atoms with Gasteiger partial charge in [0.25, 0.3) is 0 Å². The Labute approximate surface area is 122 Å². The van der Waals surface area contributed by atoms with Crippen molar-refractivity contribution in [2.75, 3.05) is 13.2 Å². The first-order valence-electron chi connectivity index (χ1n) is 6.64. The van der Waals surface area contributed by atoms with Gasteiger partial charge in [0, 0.05) is 0 Å². The van der Waals surface area contributed by atoms with Crippen molar-refractivity contribution >= 4 is 17.6 Å². The van der Waals surface area contributed by atoms with Gasteiger partial charge in [-0.15, -0.1) is 0 Å². The molecular weight excluding hydrogens is 268 g/mol. The summed E-state index contributed by atoms with van der Waals surface area (Å²) in [7, 11) is 0. The summed E-state index contributed by atoms with van der Waals surface area (Å²) < 4.78 is 11.0. The van der Waals surface area contributed by atoms with E-state index in [1.54, 1.807) is 30.3 Å². The molecule has 0 fully saturated rings. The van der Waals surface area contributed by atoms with E-state index in [1.807, 2.05) is 24.3 Å². The minimum Gasteiger partial charge on any atom is -0.486 e. The zero-order valence-corrected chi connectivity index (χ0v) is 11.3. The van der Waals surface area contributed by atoms with Crippen molar-refractivity contribution in [1.29, 1.82) is 0 Å². The molecule has 0 bridgehead atoms. The number of hydrogen-bond donors (Lipinski definition) is 1. The van der Waals surface area contributed by atoms with Crippen LogP contribution in [-0.4, -0.2) is 24.3 Å². The van der Waals surface area contributed by atoms with Crippen molar-refractivity contribution in [1.82, 2.24) is 0 Å². The van der Waals surface area contributed by atoms with E-state index < -0.39 is 5.97 Å². The first-order valence-corrected chi connectivity index (χ1v) is 6.64. The Morgan fingerprint density at radius 2 is 1.71 bits per heavy atom. The summed E-state index contributed by atoms with van der Waals surface area (Å²) >= 11 is 0. The number of carboxylic acid groups (broad SMARTS) is 1. The number of carbonyl (C=O) groups is 1. The van der Waals surface area contributed by atoms with Crippen LogP contribution < -0.4 is 9.47 Å². The summed E-state index contributed by atoms with van der Waals surface area (Å²) in [5, 5.41) is 9.40. The molecule has 1 N–H and O–H groups in total. The predicted molar refractivity (Wildman–Crippen MR) is 79.4 cm³/mol. The fourth-order valence-electron chi connectivity index (χ4n) is 2.20. The van der Waals surface area contributed by atoms with E-state index in [-0.39, 0.29) is 5.57 Å². The van der Waals surface area contributed by atoms with Gasteiger partial charge in [0.15, 0.2) is 11.5 Å². The monoisotopic (exact) mass is 282 g/mol. The molecule has 1 heterocycles. The molecule has 2 aromatic carbocycles. The lowest BCUT2D eigenvalue weighted by Gasteiger charge is -2.18. The average Bonchev–Trinajstić information content (AvgIpc) is 2.53. The predicted octanol–water partition coefficient (Wildman–Crippen LogP) is 3.08. The first kappa shape index (κ1) is 13.2. The smallest absolute Gasteiger partial charge is 0.336 e. The van der Waals surface area contributed by atoms with Gasteiger partial charge in [-0.1, -0.05) is 36.4 Å². The summed E-state index contributed by atoms with van der Waals surface area (Å²) in [5.41, 5.74) is 1.67. The second-order valence-corrected chi connectivity index (χ2v) is 4.63. The standard InChI is InChI=1S/C17H14O4/c18-17(19)14(13-4-2-1-3-5-13)10-12-6-7-15-16(11-12)21-9-8-20-15/h1-7,10-11H,8-9H2,(H,18,19)/b14-10-. The van der Waals surface area contributed by atoms with E-state index in [1.165, 1.54) is 0 Å². The topological polar surface area (TPSA) is 55.8 Å². The first-order chi connectivity index (χ1) is 10.2. The Hall–Kier alpha value is -2.75. The normalized spacial score (nSPS) is 13.8. The van der Waals surface area contributed by atoms with Gasteiger partial charge >= 0.3 is 5.97 Å². The zero-order chi connectivity index (χ0) is 14.7. The maximum Gasteiger partial charge on any atom is 0.336 e. The van der Waals surface area contributed by atoms with Crippen molar-refractivity contribution in [3.8, 4) is 11.5 Å². The van der Waals surface area contributed by atoms with E-state index >= 15 is 0 Å². The molecule has 0 spiro atoms. The number of ether oxygens (including phenoxy) is 2. The van der Waals surface area contributed by atoms with Crippen LogP contribution in [0.25, 0.3) is 11.6 Å². The van der Waals surface area contributed by atoms with Gasteiger partial charge in [0.05, 0.1) is 5.57 Å². The number of carboxylic acids is 1. The molecule has 4 nitrogen and oxygen atoms in total. The molecular formula is C17H14O4. The van der Waals surface area contributed by atoms with Crippen molar-refractivity contribution in [2.45, 2.75) is 0 Å². The Morgan fingerprint density at radius 1 is 1.00 bits per heavy atom. The van der Waals surface area contributed by atoms with Gasteiger partial charge in [0.1, 0.15) is 13.2 Å². The van der Waals surface area contributed by atoms with Crippen molar-refractivity contribution < 1.29 is 19.4 Å². The van der Waals surface area contributed by atoms with E-state index in [0.29, 0.717) is 30.3 Å². The molecule has 0 atom stereocenters. The minimum atomic E-state index is -0.962. The second kappa shape index (κ2) is 5.71. The highest BCUT2D eigenvalue weighted by Gasteiger charge is 2.13. The number of fused-ring (bicyclic) bond motifs is 1. The molecule has 0 saturated heterocycles. The van der Waals surface area contributed by atoms with E-state index in [9.17, 15) is 9.90 Å². The highest BCUT2D eigenvalue weighted by atomic mass is 16.6. The average molecular weight is 282 g/mol. The molecule has 0 radical (unpaired) electrons. The number of hydrogen-bond acceptors (Lipinski definition) is 3. The van der Waals surface area contributed by atoms with Crippen LogP contribution in [0.3, 0.4) is 0 Å². The summed E-state index contributed by atoms with van der Waals surface area (Å²) in [6.07, 6.45) is 1.63. The second-order valence-electron chi connectivity index (χ2n) is 4.63. The highest BCUT2D eigenvalue weighted by molar-refractivity contribution is 6.20. The molecule has 3 rings (SSSR count).